The van der Waals surface area contributed by atoms with Crippen molar-refractivity contribution in [3.05, 3.63) is 22.6 Å². The van der Waals surface area contributed by atoms with Gasteiger partial charge in [-0.2, -0.15) is 5.10 Å². The smallest absolute Gasteiger partial charge is 0.266 e. The summed E-state index contributed by atoms with van der Waals surface area (Å²) in [5, 5.41) is 6.19. The van der Waals surface area contributed by atoms with Gasteiger partial charge < -0.3 is 9.80 Å². The quantitative estimate of drug-likeness (QED) is 0.799. The topological polar surface area (TPSA) is 52.2 Å². The lowest BCUT2D eigenvalue weighted by molar-refractivity contribution is 0.314. The summed E-state index contributed by atoms with van der Waals surface area (Å²) < 4.78 is 0. The van der Waals surface area contributed by atoms with Crippen LogP contribution in [0.15, 0.2) is 17.1 Å². The van der Waals surface area contributed by atoms with E-state index in [1.807, 2.05) is 7.05 Å². The molecule has 5 nitrogen and oxygen atoms in total. The molecular weight excluding hydrogens is 204 g/mol. The van der Waals surface area contributed by atoms with Crippen LogP contribution in [0.2, 0.25) is 0 Å². The van der Waals surface area contributed by atoms with E-state index < -0.39 is 0 Å². The predicted octanol–water partition coefficient (Wildman–Crippen LogP) is 0.300. The van der Waals surface area contributed by atoms with Gasteiger partial charge in [-0.3, -0.25) is 4.79 Å². The lowest BCUT2D eigenvalue weighted by Gasteiger charge is -2.26. The summed E-state index contributed by atoms with van der Waals surface area (Å²) in [4.78, 5) is 15.6. The van der Waals surface area contributed by atoms with Crippen molar-refractivity contribution in [2.24, 2.45) is 0 Å². The molecule has 5 heteroatoms. The molecule has 1 fully saturated rings. The summed E-state index contributed by atoms with van der Waals surface area (Å²) in [5.41, 5.74) is 0.730. The van der Waals surface area contributed by atoms with Gasteiger partial charge in [-0.25, -0.2) is 5.10 Å². The molecule has 0 aromatic carbocycles. The Bertz CT molecular complexity index is 403. The molecule has 0 saturated carbocycles. The largest absolute Gasteiger partial charge is 0.372 e. The van der Waals surface area contributed by atoms with Gasteiger partial charge >= 0.3 is 0 Å². The van der Waals surface area contributed by atoms with E-state index in [0.717, 1.165) is 12.2 Å². The number of hydrogen-bond donors (Lipinski definition) is 1. The van der Waals surface area contributed by atoms with E-state index in [2.05, 4.69) is 27.0 Å². The minimum absolute atomic E-state index is 0.149. The Labute approximate surface area is 95.1 Å². The molecule has 0 spiro atoms. The zero-order valence-corrected chi connectivity index (χ0v) is 9.81. The molecule has 1 atom stereocenters. The number of nitrogens with one attached hydrogen (secondary N) is 1. The molecule has 1 N–H and O–H groups in total. The summed E-state index contributed by atoms with van der Waals surface area (Å²) in [6.07, 6.45) is 4.19. The number of hydrogen-bond acceptors (Lipinski definition) is 4. The van der Waals surface area contributed by atoms with Crippen LogP contribution >= 0.6 is 0 Å². The van der Waals surface area contributed by atoms with E-state index in [9.17, 15) is 4.79 Å². The van der Waals surface area contributed by atoms with Gasteiger partial charge in [0.15, 0.2) is 0 Å². The van der Waals surface area contributed by atoms with Crippen LogP contribution in [-0.4, -0.2) is 48.3 Å². The van der Waals surface area contributed by atoms with Crippen LogP contribution in [0.1, 0.15) is 12.8 Å². The summed E-state index contributed by atoms with van der Waals surface area (Å²) >= 11 is 0. The number of aromatic nitrogens is 2. The second-order valence-electron chi connectivity index (χ2n) is 4.46. The lowest BCUT2D eigenvalue weighted by atomic mass is 10.2. The molecule has 2 heterocycles. The van der Waals surface area contributed by atoms with Gasteiger partial charge in [0.1, 0.15) is 0 Å². The highest BCUT2D eigenvalue weighted by Crippen LogP contribution is 2.17. The van der Waals surface area contributed by atoms with E-state index in [4.69, 9.17) is 0 Å². The number of likely N-dealkylation sites (N-methyl/N-ethyl adjacent to an activating group) is 2. The second kappa shape index (κ2) is 4.65. The molecule has 1 unspecified atom stereocenters. The maximum atomic E-state index is 11.1. The lowest BCUT2D eigenvalue weighted by Crippen LogP contribution is -2.37. The SMILES string of the molecule is CN(CC1CCCN1C)c1cn[nH]c(=O)c1. The molecule has 2 rings (SSSR count). The molecule has 1 aliphatic rings. The van der Waals surface area contributed by atoms with E-state index in [1.165, 1.54) is 19.4 Å². The Morgan fingerprint density at radius 3 is 3.12 bits per heavy atom. The first kappa shape index (κ1) is 11.1. The van der Waals surface area contributed by atoms with Gasteiger partial charge in [-0.15, -0.1) is 0 Å². The number of likely N-dealkylation sites (tertiary alicyclic amines) is 1. The molecule has 1 saturated heterocycles. The molecule has 16 heavy (non-hydrogen) atoms. The van der Waals surface area contributed by atoms with Gasteiger partial charge in [-0.05, 0) is 26.4 Å². The third-order valence-corrected chi connectivity index (χ3v) is 3.25. The van der Waals surface area contributed by atoms with Crippen molar-refractivity contribution in [3.63, 3.8) is 0 Å². The maximum absolute atomic E-state index is 11.1. The van der Waals surface area contributed by atoms with Crippen molar-refractivity contribution in [1.82, 2.24) is 15.1 Å². The van der Waals surface area contributed by atoms with Crippen molar-refractivity contribution in [3.8, 4) is 0 Å². The number of rotatable bonds is 3. The summed E-state index contributed by atoms with van der Waals surface area (Å²) in [7, 11) is 4.16. The number of nitrogens with zero attached hydrogens (tertiary/aromatic N) is 3. The molecule has 1 aromatic rings. The zero-order valence-electron chi connectivity index (χ0n) is 9.81. The minimum Gasteiger partial charge on any atom is -0.372 e. The third-order valence-electron chi connectivity index (χ3n) is 3.25. The van der Waals surface area contributed by atoms with Crippen molar-refractivity contribution in [1.29, 1.82) is 0 Å². The Balaban J connectivity index is 2.02. The average molecular weight is 222 g/mol. The Morgan fingerprint density at radius 1 is 1.69 bits per heavy atom. The fourth-order valence-corrected chi connectivity index (χ4v) is 2.21. The third kappa shape index (κ3) is 2.41. The first-order valence-corrected chi connectivity index (χ1v) is 5.63. The van der Waals surface area contributed by atoms with Gasteiger partial charge in [0.2, 0.25) is 0 Å². The van der Waals surface area contributed by atoms with Gasteiger partial charge in [-0.1, -0.05) is 0 Å². The molecule has 0 bridgehead atoms. The summed E-state index contributed by atoms with van der Waals surface area (Å²) in [6.45, 7) is 2.12. The Morgan fingerprint density at radius 2 is 2.50 bits per heavy atom. The predicted molar refractivity (Wildman–Crippen MR) is 63.8 cm³/mol. The van der Waals surface area contributed by atoms with Gasteiger partial charge in [0.25, 0.3) is 5.56 Å². The molecule has 0 radical (unpaired) electrons. The molecular formula is C11H18N4O. The molecule has 1 aliphatic heterocycles. The van der Waals surface area contributed by atoms with E-state index in [-0.39, 0.29) is 5.56 Å². The van der Waals surface area contributed by atoms with Crippen LogP contribution in [0.5, 0.6) is 0 Å². The summed E-state index contributed by atoms with van der Waals surface area (Å²) in [5.74, 6) is 0. The minimum atomic E-state index is -0.149. The number of anilines is 1. The van der Waals surface area contributed by atoms with Crippen LogP contribution in [0.3, 0.4) is 0 Å². The van der Waals surface area contributed by atoms with E-state index >= 15 is 0 Å². The average Bonchev–Trinajstić information content (AvgIpc) is 2.64. The molecule has 0 aliphatic carbocycles. The van der Waals surface area contributed by atoms with Crippen LogP contribution in [0.25, 0.3) is 0 Å². The maximum Gasteiger partial charge on any atom is 0.266 e. The Kier molecular flexibility index (Phi) is 3.24. The zero-order chi connectivity index (χ0) is 11.5. The van der Waals surface area contributed by atoms with Crippen LogP contribution < -0.4 is 10.5 Å². The molecule has 0 amide bonds. The first-order chi connectivity index (χ1) is 7.66. The molecule has 88 valence electrons. The van der Waals surface area contributed by atoms with Crippen molar-refractivity contribution >= 4 is 5.69 Å². The Hall–Kier alpha value is -1.36. The van der Waals surface area contributed by atoms with Crippen molar-refractivity contribution < 1.29 is 0 Å². The summed E-state index contributed by atoms with van der Waals surface area (Å²) in [6, 6.07) is 2.17. The number of aromatic amines is 1. The van der Waals surface area contributed by atoms with Crippen LogP contribution in [-0.2, 0) is 0 Å². The second-order valence-corrected chi connectivity index (χ2v) is 4.46. The van der Waals surface area contributed by atoms with Crippen LogP contribution in [0.4, 0.5) is 5.69 Å². The first-order valence-electron chi connectivity index (χ1n) is 5.63. The number of H-pyrrole nitrogens is 1. The standard InChI is InChI=1S/C11H18N4O/c1-14-5-3-4-9(14)8-15(2)10-6-11(16)13-12-7-10/h6-7,9H,3-5,8H2,1-2H3,(H,13,16). The van der Waals surface area contributed by atoms with E-state index in [0.29, 0.717) is 6.04 Å². The fourth-order valence-electron chi connectivity index (χ4n) is 2.21. The van der Waals surface area contributed by atoms with Crippen molar-refractivity contribution in [2.45, 2.75) is 18.9 Å². The highest BCUT2D eigenvalue weighted by atomic mass is 16.1. The fraction of sp³-hybridized carbons (Fsp3) is 0.636. The monoisotopic (exact) mass is 222 g/mol. The van der Waals surface area contributed by atoms with Gasteiger partial charge in [0, 0.05) is 25.7 Å². The van der Waals surface area contributed by atoms with Crippen LogP contribution in [0, 0.1) is 0 Å². The highest BCUT2D eigenvalue weighted by molar-refractivity contribution is 5.41. The highest BCUT2D eigenvalue weighted by Gasteiger charge is 2.22. The van der Waals surface area contributed by atoms with E-state index in [1.54, 1.807) is 12.3 Å². The molecule has 1 aromatic heterocycles. The normalized spacial score (nSPS) is 21.2. The van der Waals surface area contributed by atoms with Crippen molar-refractivity contribution in [2.75, 3.05) is 32.1 Å². The van der Waals surface area contributed by atoms with Gasteiger partial charge in [0.05, 0.1) is 11.9 Å².